The molecule has 3 aromatic rings. The molecule has 0 unspecified atom stereocenters. The fourth-order valence-corrected chi connectivity index (χ4v) is 3.72. The second-order valence-corrected chi connectivity index (χ2v) is 7.34. The van der Waals surface area contributed by atoms with E-state index in [1.807, 2.05) is 42.6 Å². The van der Waals surface area contributed by atoms with Crippen LogP contribution in [0.3, 0.4) is 0 Å². The first kappa shape index (κ1) is 17.3. The van der Waals surface area contributed by atoms with Crippen LogP contribution in [0.25, 0.3) is 22.2 Å². The normalized spacial score (nSPS) is 14.1. The predicted molar refractivity (Wildman–Crippen MR) is 109 cm³/mol. The number of carbonyl (C=O) groups excluding carboxylic acids is 1. The number of nitrogens with one attached hydrogen (secondary N) is 3. The second-order valence-electron chi connectivity index (χ2n) is 6.29. The molecule has 1 fully saturated rings. The smallest absolute Gasteiger partial charge is 0.228 e. The van der Waals surface area contributed by atoms with Crippen LogP contribution in [0.1, 0.15) is 18.4 Å². The maximum atomic E-state index is 12.0. The number of aromatic amines is 1. The molecule has 0 bridgehead atoms. The number of thioether (sulfide) groups is 1. The highest BCUT2D eigenvalue weighted by Gasteiger charge is 2.23. The Morgan fingerprint density at radius 1 is 1.26 bits per heavy atom. The lowest BCUT2D eigenvalue weighted by Gasteiger charge is -2.15. The van der Waals surface area contributed by atoms with Gasteiger partial charge in [-0.15, -0.1) is 0 Å². The summed E-state index contributed by atoms with van der Waals surface area (Å²) in [6.45, 7) is 0.701. The zero-order chi connectivity index (χ0) is 19.0. The van der Waals surface area contributed by atoms with E-state index in [1.165, 1.54) is 0 Å². The van der Waals surface area contributed by atoms with Crippen molar-refractivity contribution in [2.24, 2.45) is 5.73 Å². The maximum absolute atomic E-state index is 12.0. The zero-order valence-electron chi connectivity index (χ0n) is 14.5. The molecule has 7 nitrogen and oxygen atoms in total. The standard InChI is InChI=1S/C19H18N6OS/c20-18(27-19(21)22)11-6-7-14-12(9-11)13(10-23-14)15-3-1-4-16(24-15)25-8-2-5-17(25)26/h1,3-4,6-7,9-10,20,23H,2,5,8H2,(H3,21,22). The molecule has 2 aromatic heterocycles. The molecule has 0 spiro atoms. The van der Waals surface area contributed by atoms with Crippen LogP contribution < -0.4 is 10.6 Å². The fourth-order valence-electron chi connectivity index (χ4n) is 3.26. The van der Waals surface area contributed by atoms with Crippen LogP contribution in [0.2, 0.25) is 0 Å². The summed E-state index contributed by atoms with van der Waals surface area (Å²) < 4.78 is 0. The number of anilines is 1. The van der Waals surface area contributed by atoms with Crippen LogP contribution in [-0.2, 0) is 4.79 Å². The second kappa shape index (κ2) is 6.88. The minimum atomic E-state index is -0.112. The molecule has 0 atom stereocenters. The highest BCUT2D eigenvalue weighted by molar-refractivity contribution is 8.26. The third-order valence-electron chi connectivity index (χ3n) is 4.52. The number of nitrogens with two attached hydrogens (primary N) is 1. The molecule has 136 valence electrons. The van der Waals surface area contributed by atoms with Gasteiger partial charge in [-0.1, -0.05) is 12.1 Å². The third kappa shape index (κ3) is 3.31. The summed E-state index contributed by atoms with van der Waals surface area (Å²) in [5.41, 5.74) is 8.68. The van der Waals surface area contributed by atoms with Crippen molar-refractivity contribution >= 4 is 44.6 Å². The molecule has 1 aromatic carbocycles. The van der Waals surface area contributed by atoms with Crippen LogP contribution in [0.15, 0.2) is 42.6 Å². The summed E-state index contributed by atoms with van der Waals surface area (Å²) in [7, 11) is 0. The van der Waals surface area contributed by atoms with E-state index >= 15 is 0 Å². The van der Waals surface area contributed by atoms with Crippen LogP contribution in [-0.4, -0.2) is 32.6 Å². The molecule has 3 heterocycles. The predicted octanol–water partition coefficient (Wildman–Crippen LogP) is 3.31. The molecule has 4 rings (SSSR count). The number of hydrogen-bond donors (Lipinski definition) is 4. The number of carbonyl (C=O) groups is 1. The largest absolute Gasteiger partial charge is 0.378 e. The molecule has 0 radical (unpaired) electrons. The van der Waals surface area contributed by atoms with Gasteiger partial charge in [0, 0.05) is 41.2 Å². The topological polar surface area (TPSA) is 123 Å². The number of H-pyrrole nitrogens is 1. The lowest BCUT2D eigenvalue weighted by molar-refractivity contribution is -0.117. The van der Waals surface area contributed by atoms with E-state index in [9.17, 15) is 4.79 Å². The van der Waals surface area contributed by atoms with Gasteiger partial charge in [0.2, 0.25) is 5.91 Å². The molecule has 1 amide bonds. The van der Waals surface area contributed by atoms with E-state index in [2.05, 4.69) is 4.98 Å². The Morgan fingerprint density at radius 2 is 2.11 bits per heavy atom. The number of pyridine rings is 1. The lowest BCUT2D eigenvalue weighted by atomic mass is 10.1. The van der Waals surface area contributed by atoms with Gasteiger partial charge >= 0.3 is 0 Å². The Morgan fingerprint density at radius 3 is 2.85 bits per heavy atom. The van der Waals surface area contributed by atoms with Crippen molar-refractivity contribution in [1.29, 1.82) is 10.8 Å². The summed E-state index contributed by atoms with van der Waals surface area (Å²) in [6.07, 6.45) is 3.31. The van der Waals surface area contributed by atoms with Crippen LogP contribution >= 0.6 is 11.8 Å². The van der Waals surface area contributed by atoms with Gasteiger partial charge in [0.1, 0.15) is 10.9 Å². The van der Waals surface area contributed by atoms with Crippen LogP contribution in [0.4, 0.5) is 5.82 Å². The van der Waals surface area contributed by atoms with Crippen LogP contribution in [0.5, 0.6) is 0 Å². The van der Waals surface area contributed by atoms with Gasteiger partial charge in [-0.3, -0.25) is 20.5 Å². The average molecular weight is 378 g/mol. The van der Waals surface area contributed by atoms with Gasteiger partial charge in [-0.05, 0) is 42.4 Å². The van der Waals surface area contributed by atoms with Crippen molar-refractivity contribution in [3.8, 4) is 11.3 Å². The number of amidine groups is 1. The maximum Gasteiger partial charge on any atom is 0.228 e. The Balaban J connectivity index is 1.74. The van der Waals surface area contributed by atoms with E-state index in [1.54, 1.807) is 4.90 Å². The Labute approximate surface area is 160 Å². The number of fused-ring (bicyclic) bond motifs is 1. The minimum Gasteiger partial charge on any atom is -0.378 e. The highest BCUT2D eigenvalue weighted by atomic mass is 32.2. The molecule has 0 saturated carbocycles. The van der Waals surface area contributed by atoms with E-state index in [4.69, 9.17) is 21.5 Å². The van der Waals surface area contributed by atoms with Gasteiger partial charge in [0.15, 0.2) is 5.17 Å². The SMILES string of the molecule is N=C(N)SC(=N)c1ccc2[nH]cc(-c3cccc(N4CCCC4=O)n3)c2c1. The number of hydrogen-bond acceptors (Lipinski definition) is 5. The number of aromatic nitrogens is 2. The first-order valence-electron chi connectivity index (χ1n) is 8.52. The minimum absolute atomic E-state index is 0.107. The number of nitrogens with zero attached hydrogens (tertiary/aromatic N) is 2. The molecule has 1 aliphatic rings. The molecule has 8 heteroatoms. The summed E-state index contributed by atoms with van der Waals surface area (Å²) in [6, 6.07) is 11.3. The first-order chi connectivity index (χ1) is 13.0. The molecular formula is C19H18N6OS. The van der Waals surface area contributed by atoms with Crippen molar-refractivity contribution < 1.29 is 4.79 Å². The van der Waals surface area contributed by atoms with E-state index < -0.39 is 0 Å². The quantitative estimate of drug-likeness (QED) is 0.412. The van der Waals surface area contributed by atoms with E-state index in [0.717, 1.165) is 40.3 Å². The molecular weight excluding hydrogens is 360 g/mol. The van der Waals surface area contributed by atoms with E-state index in [0.29, 0.717) is 24.3 Å². The zero-order valence-corrected chi connectivity index (χ0v) is 15.3. The van der Waals surface area contributed by atoms with Gasteiger partial charge in [-0.25, -0.2) is 4.98 Å². The van der Waals surface area contributed by atoms with Gasteiger partial charge in [-0.2, -0.15) is 0 Å². The first-order valence-corrected chi connectivity index (χ1v) is 9.34. The molecule has 1 aliphatic heterocycles. The van der Waals surface area contributed by atoms with Crippen molar-refractivity contribution in [1.82, 2.24) is 9.97 Å². The molecule has 1 saturated heterocycles. The van der Waals surface area contributed by atoms with E-state index in [-0.39, 0.29) is 16.1 Å². The Bertz CT molecular complexity index is 1070. The third-order valence-corrected chi connectivity index (χ3v) is 5.18. The summed E-state index contributed by atoms with van der Waals surface area (Å²) in [4.78, 5) is 21.7. The molecule has 27 heavy (non-hydrogen) atoms. The van der Waals surface area contributed by atoms with Crippen molar-refractivity contribution in [3.63, 3.8) is 0 Å². The lowest BCUT2D eigenvalue weighted by Crippen LogP contribution is -2.24. The molecule has 5 N–H and O–H groups in total. The monoisotopic (exact) mass is 378 g/mol. The summed E-state index contributed by atoms with van der Waals surface area (Å²) in [5.74, 6) is 0.774. The fraction of sp³-hybridized carbons (Fsp3) is 0.158. The number of amides is 1. The number of benzene rings is 1. The number of rotatable bonds is 3. The van der Waals surface area contributed by atoms with Crippen molar-refractivity contribution in [2.75, 3.05) is 11.4 Å². The van der Waals surface area contributed by atoms with Crippen molar-refractivity contribution in [3.05, 3.63) is 48.2 Å². The van der Waals surface area contributed by atoms with Gasteiger partial charge in [0.05, 0.1) is 5.69 Å². The van der Waals surface area contributed by atoms with Crippen molar-refractivity contribution in [2.45, 2.75) is 12.8 Å². The summed E-state index contributed by atoms with van der Waals surface area (Å²) >= 11 is 0.914. The molecule has 0 aliphatic carbocycles. The Hall–Kier alpha value is -3.13. The summed E-state index contributed by atoms with van der Waals surface area (Å²) in [5, 5.41) is 16.5. The van der Waals surface area contributed by atoms with Gasteiger partial charge in [0.25, 0.3) is 0 Å². The average Bonchev–Trinajstić information content (AvgIpc) is 3.26. The highest BCUT2D eigenvalue weighted by Crippen LogP contribution is 2.31. The van der Waals surface area contributed by atoms with Gasteiger partial charge < -0.3 is 10.7 Å². The van der Waals surface area contributed by atoms with Crippen LogP contribution in [0, 0.1) is 10.8 Å². The Kier molecular flexibility index (Phi) is 4.41.